The molecule has 0 unspecified atom stereocenters. The third kappa shape index (κ3) is 1.18. The van der Waals surface area contributed by atoms with Crippen LogP contribution in [0.15, 0.2) is 0 Å². The van der Waals surface area contributed by atoms with Crippen molar-refractivity contribution in [2.24, 2.45) is 5.92 Å². The van der Waals surface area contributed by atoms with Crippen LogP contribution in [-0.4, -0.2) is 23.4 Å². The van der Waals surface area contributed by atoms with E-state index in [1.54, 1.807) is 0 Å². The number of ether oxygens (including phenoxy) is 1. The summed E-state index contributed by atoms with van der Waals surface area (Å²) in [6.07, 6.45) is 4.71. The molecule has 0 aromatic carbocycles. The van der Waals surface area contributed by atoms with Crippen molar-refractivity contribution in [1.82, 2.24) is 0 Å². The molecule has 2 nitrogen and oxygen atoms in total. The van der Waals surface area contributed by atoms with Crippen LogP contribution in [0, 0.1) is 5.92 Å². The van der Waals surface area contributed by atoms with Crippen LogP contribution >= 0.6 is 0 Å². The number of rotatable bonds is 1. The Labute approximate surface area is 67.6 Å². The van der Waals surface area contributed by atoms with Gasteiger partial charge in [-0.2, -0.15) is 0 Å². The molecule has 1 heterocycles. The van der Waals surface area contributed by atoms with Gasteiger partial charge in [0.05, 0.1) is 12.2 Å². The zero-order valence-electron chi connectivity index (χ0n) is 7.05. The van der Waals surface area contributed by atoms with Gasteiger partial charge in [0.2, 0.25) is 0 Å². The van der Waals surface area contributed by atoms with Gasteiger partial charge in [-0.25, -0.2) is 0 Å². The zero-order valence-corrected chi connectivity index (χ0v) is 7.05. The number of hydrogen-bond donors (Lipinski definition) is 1. The average Bonchev–Trinajstić information content (AvgIpc) is 2.77. The van der Waals surface area contributed by atoms with Crippen LogP contribution in [-0.2, 0) is 4.74 Å². The van der Waals surface area contributed by atoms with Gasteiger partial charge in [0.15, 0.2) is 0 Å². The molecule has 2 heteroatoms. The van der Waals surface area contributed by atoms with Crippen LogP contribution in [0.3, 0.4) is 0 Å². The zero-order chi connectivity index (χ0) is 7.90. The second-order valence-corrected chi connectivity index (χ2v) is 3.96. The van der Waals surface area contributed by atoms with Crippen LogP contribution < -0.4 is 0 Å². The molecule has 1 saturated carbocycles. The fourth-order valence-electron chi connectivity index (χ4n) is 2.17. The first-order valence-corrected chi connectivity index (χ1v) is 4.57. The van der Waals surface area contributed by atoms with Gasteiger partial charge >= 0.3 is 0 Å². The highest BCUT2D eigenvalue weighted by molar-refractivity contribution is 4.99. The normalized spacial score (nSPS) is 50.7. The summed E-state index contributed by atoms with van der Waals surface area (Å²) in [5.74, 6) is 0.434. The first-order chi connectivity index (χ1) is 5.23. The van der Waals surface area contributed by atoms with Gasteiger partial charge in [0, 0.05) is 0 Å². The third-order valence-electron chi connectivity index (χ3n) is 3.21. The fraction of sp³-hybridized carbons (Fsp3) is 1.00. The van der Waals surface area contributed by atoms with Crippen LogP contribution in [0.4, 0.5) is 0 Å². The highest BCUT2D eigenvalue weighted by atomic mass is 16.6. The smallest absolute Gasteiger partial charge is 0.110 e. The molecule has 0 aromatic heterocycles. The monoisotopic (exact) mass is 156 g/mol. The Kier molecular flexibility index (Phi) is 1.69. The molecule has 0 radical (unpaired) electrons. The largest absolute Gasteiger partial charge is 0.387 e. The van der Waals surface area contributed by atoms with E-state index >= 15 is 0 Å². The minimum Gasteiger partial charge on any atom is -0.387 e. The quantitative estimate of drug-likeness (QED) is 0.581. The molecule has 64 valence electrons. The molecule has 2 rings (SSSR count). The fourth-order valence-corrected chi connectivity index (χ4v) is 2.17. The van der Waals surface area contributed by atoms with E-state index in [9.17, 15) is 5.11 Å². The molecule has 0 spiro atoms. The summed E-state index contributed by atoms with van der Waals surface area (Å²) >= 11 is 0. The van der Waals surface area contributed by atoms with Crippen molar-refractivity contribution in [2.75, 3.05) is 6.61 Å². The second kappa shape index (κ2) is 2.46. The standard InChI is InChI=1S/C9H16O2/c1-7-4-2-3-5-9(7,10)8-6-11-8/h7-8,10H,2-6H2,1H3/t7-,8-,9+/m0/s1. The van der Waals surface area contributed by atoms with E-state index in [2.05, 4.69) is 6.92 Å². The maximum atomic E-state index is 10.2. The van der Waals surface area contributed by atoms with E-state index < -0.39 is 5.60 Å². The van der Waals surface area contributed by atoms with E-state index in [0.717, 1.165) is 19.4 Å². The molecule has 11 heavy (non-hydrogen) atoms. The predicted molar refractivity (Wildman–Crippen MR) is 42.3 cm³/mol. The summed E-state index contributed by atoms with van der Waals surface area (Å²) in [7, 11) is 0. The third-order valence-corrected chi connectivity index (χ3v) is 3.21. The minimum atomic E-state index is -0.474. The maximum absolute atomic E-state index is 10.2. The van der Waals surface area contributed by atoms with E-state index in [1.165, 1.54) is 12.8 Å². The van der Waals surface area contributed by atoms with Gasteiger partial charge in [-0.1, -0.05) is 19.8 Å². The summed E-state index contributed by atoms with van der Waals surface area (Å²) in [6, 6.07) is 0. The highest BCUT2D eigenvalue weighted by Gasteiger charge is 2.49. The Morgan fingerprint density at radius 1 is 1.45 bits per heavy atom. The van der Waals surface area contributed by atoms with Gasteiger partial charge in [-0.05, 0) is 18.8 Å². The molecule has 1 N–H and O–H groups in total. The molecular weight excluding hydrogens is 140 g/mol. The van der Waals surface area contributed by atoms with Crippen molar-refractivity contribution in [2.45, 2.75) is 44.3 Å². The van der Waals surface area contributed by atoms with E-state index in [0.29, 0.717) is 5.92 Å². The minimum absolute atomic E-state index is 0.165. The SMILES string of the molecule is C[C@H]1CCCC[C@]1(O)[C@@H]1CO1. The molecule has 0 bridgehead atoms. The van der Waals surface area contributed by atoms with E-state index in [1.807, 2.05) is 0 Å². The molecule has 1 aliphatic carbocycles. The van der Waals surface area contributed by atoms with Gasteiger partial charge in [-0.3, -0.25) is 0 Å². The van der Waals surface area contributed by atoms with E-state index in [-0.39, 0.29) is 6.10 Å². The van der Waals surface area contributed by atoms with Gasteiger partial charge in [-0.15, -0.1) is 0 Å². The molecular formula is C9H16O2. The summed E-state index contributed by atoms with van der Waals surface area (Å²) in [4.78, 5) is 0. The molecule has 3 atom stereocenters. The molecule has 0 aromatic rings. The first kappa shape index (κ1) is 7.56. The Hall–Kier alpha value is -0.0800. The lowest BCUT2D eigenvalue weighted by molar-refractivity contribution is -0.0617. The van der Waals surface area contributed by atoms with Crippen molar-refractivity contribution >= 4 is 0 Å². The van der Waals surface area contributed by atoms with Gasteiger partial charge in [0.25, 0.3) is 0 Å². The van der Waals surface area contributed by atoms with Crippen molar-refractivity contribution < 1.29 is 9.84 Å². The summed E-state index contributed by atoms with van der Waals surface area (Å²) in [5.41, 5.74) is -0.474. The lowest BCUT2D eigenvalue weighted by Crippen LogP contribution is -2.44. The number of aliphatic hydroxyl groups is 1. The Bertz CT molecular complexity index is 154. The van der Waals surface area contributed by atoms with Gasteiger partial charge in [0.1, 0.15) is 6.10 Å². The summed E-state index contributed by atoms with van der Waals surface area (Å²) in [5, 5.41) is 10.2. The number of epoxide rings is 1. The topological polar surface area (TPSA) is 32.8 Å². The lowest BCUT2D eigenvalue weighted by atomic mass is 9.74. The number of hydrogen-bond acceptors (Lipinski definition) is 2. The molecule has 0 amide bonds. The van der Waals surface area contributed by atoms with Crippen molar-refractivity contribution in [3.05, 3.63) is 0 Å². The summed E-state index contributed by atoms with van der Waals surface area (Å²) in [6.45, 7) is 2.92. The van der Waals surface area contributed by atoms with Crippen molar-refractivity contribution in [3.8, 4) is 0 Å². The van der Waals surface area contributed by atoms with E-state index in [4.69, 9.17) is 4.74 Å². The maximum Gasteiger partial charge on any atom is 0.110 e. The van der Waals surface area contributed by atoms with Crippen molar-refractivity contribution in [3.63, 3.8) is 0 Å². The van der Waals surface area contributed by atoms with Crippen molar-refractivity contribution in [1.29, 1.82) is 0 Å². The molecule has 1 aliphatic heterocycles. The van der Waals surface area contributed by atoms with Crippen LogP contribution in [0.1, 0.15) is 32.6 Å². The predicted octanol–water partition coefficient (Wildman–Crippen LogP) is 1.33. The Morgan fingerprint density at radius 2 is 2.18 bits per heavy atom. The van der Waals surface area contributed by atoms with Crippen LogP contribution in [0.2, 0.25) is 0 Å². The Morgan fingerprint density at radius 3 is 2.73 bits per heavy atom. The molecule has 2 aliphatic rings. The van der Waals surface area contributed by atoms with Gasteiger partial charge < -0.3 is 9.84 Å². The highest BCUT2D eigenvalue weighted by Crippen LogP contribution is 2.41. The second-order valence-electron chi connectivity index (χ2n) is 3.96. The molecule has 1 saturated heterocycles. The average molecular weight is 156 g/mol. The molecule has 2 fully saturated rings. The first-order valence-electron chi connectivity index (χ1n) is 4.57. The Balaban J connectivity index is 2.06. The lowest BCUT2D eigenvalue weighted by Gasteiger charge is -2.36. The van der Waals surface area contributed by atoms with Crippen LogP contribution in [0.5, 0.6) is 0 Å². The summed E-state index contributed by atoms with van der Waals surface area (Å²) < 4.78 is 5.17. The van der Waals surface area contributed by atoms with Crippen LogP contribution in [0.25, 0.3) is 0 Å².